The molecule has 0 atom stereocenters. The summed E-state index contributed by atoms with van der Waals surface area (Å²) in [6.07, 6.45) is -1.13. The Labute approximate surface area is 232 Å². The number of carbonyl (C=O) groups excluding carboxylic acids is 3. The fourth-order valence-corrected chi connectivity index (χ4v) is 4.07. The molecule has 40 heavy (non-hydrogen) atoms. The lowest BCUT2D eigenvalue weighted by Gasteiger charge is -2.20. The third-order valence-electron chi connectivity index (χ3n) is 5.47. The average Bonchev–Trinajstić information content (AvgIpc) is 2.81. The van der Waals surface area contributed by atoms with Crippen molar-refractivity contribution in [2.75, 3.05) is 10.6 Å². The zero-order valence-corrected chi connectivity index (χ0v) is 23.7. The number of hydrogen-bond donors (Lipinski definition) is 2. The molecule has 9 nitrogen and oxygen atoms in total. The largest absolute Gasteiger partial charge is 0.444 e. The van der Waals surface area contributed by atoms with Gasteiger partial charge in [0.25, 0.3) is 0 Å². The first-order chi connectivity index (χ1) is 18.7. The minimum Gasteiger partial charge on any atom is -0.444 e. The van der Waals surface area contributed by atoms with Gasteiger partial charge in [-0.15, -0.1) is 0 Å². The SMILES string of the molecule is CC(=O)Oc1ccc(-c2nc3cc(NC(=O)OC(C)(C)C)ccc3c3ccc(NC(=O)OC(C)(C)C)cc23)cc1. The number of nitrogens with one attached hydrogen (secondary N) is 2. The second-order valence-corrected chi connectivity index (χ2v) is 11.3. The molecule has 0 fully saturated rings. The lowest BCUT2D eigenvalue weighted by atomic mass is 9.99. The molecule has 0 bridgehead atoms. The molecule has 0 aliphatic heterocycles. The minimum atomic E-state index is -0.640. The van der Waals surface area contributed by atoms with Crippen LogP contribution in [0.1, 0.15) is 48.5 Å². The number of pyridine rings is 1. The molecule has 2 amide bonds. The second-order valence-electron chi connectivity index (χ2n) is 11.3. The molecule has 0 saturated heterocycles. The molecule has 4 aromatic rings. The van der Waals surface area contributed by atoms with E-state index in [4.69, 9.17) is 19.2 Å². The van der Waals surface area contributed by atoms with E-state index in [2.05, 4.69) is 10.6 Å². The minimum absolute atomic E-state index is 0.412. The molecule has 3 aromatic carbocycles. The van der Waals surface area contributed by atoms with Crippen LogP contribution in [0.2, 0.25) is 0 Å². The van der Waals surface area contributed by atoms with Gasteiger partial charge in [-0.25, -0.2) is 14.6 Å². The third-order valence-corrected chi connectivity index (χ3v) is 5.47. The van der Waals surface area contributed by atoms with E-state index < -0.39 is 29.4 Å². The molecule has 2 N–H and O–H groups in total. The van der Waals surface area contributed by atoms with Gasteiger partial charge >= 0.3 is 18.2 Å². The standard InChI is InChI=1S/C31H33N3O6/c1-18(35)38-22-12-8-19(9-13-22)27-25-16-20(32-28(36)39-30(2,3)4)10-14-23(25)24-15-11-21(17-26(24)34-27)33-29(37)40-31(5,6)7/h8-17H,1-7H3,(H,32,36)(H,33,37). The number of nitrogens with zero attached hydrogens (tertiary/aromatic N) is 1. The van der Waals surface area contributed by atoms with Gasteiger partial charge in [-0.3, -0.25) is 15.4 Å². The Kier molecular flexibility index (Phi) is 7.68. The van der Waals surface area contributed by atoms with Crippen LogP contribution < -0.4 is 15.4 Å². The summed E-state index contributed by atoms with van der Waals surface area (Å²) >= 11 is 0. The van der Waals surface area contributed by atoms with Crippen LogP contribution in [0.3, 0.4) is 0 Å². The van der Waals surface area contributed by atoms with Crippen LogP contribution >= 0.6 is 0 Å². The van der Waals surface area contributed by atoms with E-state index in [9.17, 15) is 14.4 Å². The van der Waals surface area contributed by atoms with Crippen molar-refractivity contribution in [2.24, 2.45) is 0 Å². The van der Waals surface area contributed by atoms with E-state index in [1.807, 2.05) is 30.3 Å². The number of fused-ring (bicyclic) bond motifs is 3. The van der Waals surface area contributed by atoms with Crippen molar-refractivity contribution in [3.63, 3.8) is 0 Å². The van der Waals surface area contributed by atoms with Crippen LogP contribution in [0.25, 0.3) is 32.9 Å². The van der Waals surface area contributed by atoms with E-state index in [0.29, 0.717) is 28.3 Å². The molecule has 9 heteroatoms. The number of anilines is 2. The van der Waals surface area contributed by atoms with Gasteiger partial charge < -0.3 is 14.2 Å². The molecule has 0 saturated carbocycles. The van der Waals surface area contributed by atoms with Crippen LogP contribution in [-0.2, 0) is 14.3 Å². The first kappa shape index (κ1) is 28.4. The maximum atomic E-state index is 12.4. The molecular formula is C31H33N3O6. The maximum Gasteiger partial charge on any atom is 0.412 e. The molecule has 0 aliphatic rings. The Morgan fingerprint density at radius 3 is 1.73 bits per heavy atom. The molecule has 0 unspecified atom stereocenters. The van der Waals surface area contributed by atoms with Crippen LogP contribution in [0.4, 0.5) is 21.0 Å². The smallest absolute Gasteiger partial charge is 0.412 e. The van der Waals surface area contributed by atoms with Crippen LogP contribution in [0, 0.1) is 0 Å². The highest BCUT2D eigenvalue weighted by molar-refractivity contribution is 6.13. The zero-order chi connectivity index (χ0) is 29.2. The van der Waals surface area contributed by atoms with Gasteiger partial charge in [-0.2, -0.15) is 0 Å². The zero-order valence-electron chi connectivity index (χ0n) is 23.7. The molecule has 4 rings (SSSR count). The summed E-state index contributed by atoms with van der Waals surface area (Å²) in [7, 11) is 0. The Bertz CT molecular complexity index is 1600. The summed E-state index contributed by atoms with van der Waals surface area (Å²) in [5.74, 6) is 0.00220. The monoisotopic (exact) mass is 543 g/mol. The van der Waals surface area contributed by atoms with Gasteiger partial charge in [0.2, 0.25) is 0 Å². The Morgan fingerprint density at radius 1 is 0.675 bits per heavy atom. The first-order valence-corrected chi connectivity index (χ1v) is 12.8. The number of aromatic nitrogens is 1. The van der Waals surface area contributed by atoms with Crippen molar-refractivity contribution in [3.05, 3.63) is 60.7 Å². The van der Waals surface area contributed by atoms with Gasteiger partial charge in [0.05, 0.1) is 11.2 Å². The topological polar surface area (TPSA) is 116 Å². The number of benzene rings is 3. The summed E-state index contributed by atoms with van der Waals surface area (Å²) in [4.78, 5) is 41.1. The van der Waals surface area contributed by atoms with Gasteiger partial charge in [0.15, 0.2) is 0 Å². The molecule has 0 radical (unpaired) electrons. The van der Waals surface area contributed by atoms with Crippen molar-refractivity contribution in [1.29, 1.82) is 0 Å². The number of ether oxygens (including phenoxy) is 3. The fraction of sp³-hybridized carbons (Fsp3) is 0.290. The highest BCUT2D eigenvalue weighted by atomic mass is 16.6. The average molecular weight is 544 g/mol. The first-order valence-electron chi connectivity index (χ1n) is 12.8. The second kappa shape index (κ2) is 10.8. The van der Waals surface area contributed by atoms with E-state index >= 15 is 0 Å². The van der Waals surface area contributed by atoms with Crippen molar-refractivity contribution >= 4 is 51.2 Å². The quantitative estimate of drug-likeness (QED) is 0.154. The number of rotatable bonds is 4. The Balaban J connectivity index is 1.81. The lowest BCUT2D eigenvalue weighted by Crippen LogP contribution is -2.27. The summed E-state index contributed by atoms with van der Waals surface area (Å²) in [5.41, 5.74) is 1.86. The van der Waals surface area contributed by atoms with Crippen LogP contribution in [-0.4, -0.2) is 34.3 Å². The van der Waals surface area contributed by atoms with E-state index in [-0.39, 0.29) is 0 Å². The van der Waals surface area contributed by atoms with Gasteiger partial charge in [-0.05, 0) is 95.5 Å². The molecule has 0 aliphatic carbocycles. The summed E-state index contributed by atoms with van der Waals surface area (Å²) in [5, 5.41) is 8.08. The highest BCUT2D eigenvalue weighted by Crippen LogP contribution is 2.36. The summed E-state index contributed by atoms with van der Waals surface area (Å²) in [6, 6.07) is 18.0. The Hall–Kier alpha value is -4.66. The van der Waals surface area contributed by atoms with Crippen molar-refractivity contribution in [1.82, 2.24) is 4.98 Å². The van der Waals surface area contributed by atoms with E-state index in [1.54, 1.807) is 71.9 Å². The van der Waals surface area contributed by atoms with Crippen LogP contribution in [0.15, 0.2) is 60.7 Å². The number of esters is 1. The van der Waals surface area contributed by atoms with Crippen LogP contribution in [0.5, 0.6) is 5.75 Å². The fourth-order valence-electron chi connectivity index (χ4n) is 4.07. The maximum absolute atomic E-state index is 12.4. The van der Waals surface area contributed by atoms with Gasteiger partial charge in [0.1, 0.15) is 17.0 Å². The van der Waals surface area contributed by atoms with Crippen molar-refractivity contribution in [2.45, 2.75) is 59.7 Å². The molecule has 1 aromatic heterocycles. The van der Waals surface area contributed by atoms with Gasteiger partial charge in [0, 0.05) is 34.6 Å². The molecule has 1 heterocycles. The third kappa shape index (κ3) is 7.25. The van der Waals surface area contributed by atoms with Crippen molar-refractivity contribution < 1.29 is 28.6 Å². The number of hydrogen-bond acceptors (Lipinski definition) is 7. The Morgan fingerprint density at radius 2 is 1.20 bits per heavy atom. The highest BCUT2D eigenvalue weighted by Gasteiger charge is 2.19. The van der Waals surface area contributed by atoms with E-state index in [0.717, 1.165) is 21.7 Å². The van der Waals surface area contributed by atoms with Gasteiger partial charge in [-0.1, -0.05) is 12.1 Å². The number of carbonyl (C=O) groups is 3. The summed E-state index contributed by atoms with van der Waals surface area (Å²) < 4.78 is 16.0. The normalized spacial score (nSPS) is 11.7. The van der Waals surface area contributed by atoms with Crippen molar-refractivity contribution in [3.8, 4) is 17.0 Å². The van der Waals surface area contributed by atoms with E-state index in [1.165, 1.54) is 6.92 Å². The predicted molar refractivity (Wildman–Crippen MR) is 156 cm³/mol. The molecule has 208 valence electrons. The predicted octanol–water partition coefficient (Wildman–Crippen LogP) is 7.67. The summed E-state index contributed by atoms with van der Waals surface area (Å²) in [6.45, 7) is 12.1. The number of amides is 2. The lowest BCUT2D eigenvalue weighted by molar-refractivity contribution is -0.131. The molecular weight excluding hydrogens is 510 g/mol. The molecule has 0 spiro atoms.